The summed E-state index contributed by atoms with van der Waals surface area (Å²) >= 11 is 0. The van der Waals surface area contributed by atoms with Gasteiger partial charge in [-0.25, -0.2) is 0 Å². The van der Waals surface area contributed by atoms with Gasteiger partial charge < -0.3 is 19.3 Å². The van der Waals surface area contributed by atoms with Crippen LogP contribution in [0.3, 0.4) is 0 Å². The minimum Gasteiger partial charge on any atom is -0.496 e. The third-order valence-corrected chi connectivity index (χ3v) is 8.58. The van der Waals surface area contributed by atoms with Crippen molar-refractivity contribution in [1.82, 2.24) is 0 Å². The first-order valence-electron chi connectivity index (χ1n) is 18.2. The lowest BCUT2D eigenvalue weighted by atomic mass is 10.1. The molecule has 48 heavy (non-hydrogen) atoms. The second-order valence-corrected chi connectivity index (χ2v) is 12.3. The Morgan fingerprint density at radius 2 is 0.771 bits per heavy atom. The summed E-state index contributed by atoms with van der Waals surface area (Å²) in [6.45, 7) is 13.5. The first-order valence-corrected chi connectivity index (χ1v) is 18.2. The smallest absolute Gasteiger partial charge is 0.126 e. The summed E-state index contributed by atoms with van der Waals surface area (Å²) in [5, 5.41) is 0. The van der Waals surface area contributed by atoms with Crippen LogP contribution in [0.2, 0.25) is 0 Å². The summed E-state index contributed by atoms with van der Waals surface area (Å²) in [6.07, 6.45) is 26.4. The van der Waals surface area contributed by atoms with E-state index in [4.69, 9.17) is 9.47 Å². The number of ether oxygens (including phenoxy) is 2. The molecule has 0 bridgehead atoms. The summed E-state index contributed by atoms with van der Waals surface area (Å²) in [5.74, 6) is 1.61. The highest BCUT2D eigenvalue weighted by molar-refractivity contribution is 5.70. The van der Waals surface area contributed by atoms with Crippen molar-refractivity contribution in [3.05, 3.63) is 107 Å². The average molecular weight is 649 g/mol. The molecule has 0 N–H and O–H groups in total. The van der Waals surface area contributed by atoms with Crippen molar-refractivity contribution < 1.29 is 9.47 Å². The minimum atomic E-state index is 0.805. The Morgan fingerprint density at radius 3 is 1.06 bits per heavy atom. The number of methoxy groups -OCH3 is 2. The molecule has 0 aliphatic heterocycles. The third-order valence-electron chi connectivity index (χ3n) is 8.58. The number of hydrogen-bond acceptors (Lipinski definition) is 4. The highest BCUT2D eigenvalue weighted by Crippen LogP contribution is 2.31. The second-order valence-electron chi connectivity index (χ2n) is 12.3. The van der Waals surface area contributed by atoms with Gasteiger partial charge in [-0.05, 0) is 73.2 Å². The lowest BCUT2D eigenvalue weighted by molar-refractivity contribution is 0.401. The monoisotopic (exact) mass is 648 g/mol. The molecule has 0 saturated carbocycles. The maximum Gasteiger partial charge on any atom is 0.126 e. The van der Waals surface area contributed by atoms with Crippen LogP contribution in [0.1, 0.15) is 101 Å². The quantitative estimate of drug-likeness (QED) is 0.101. The SMILES string of the molecule is CCCCN(CCCC)c1ccc(/C=C/C=C/c2cc(OC)c(/C=C/C=C/c3ccc(N(CCCC)CCCC)cc3)cc2OC)cc1. The second kappa shape index (κ2) is 22.4. The molecule has 3 aromatic rings. The van der Waals surface area contributed by atoms with E-state index in [1.54, 1.807) is 14.2 Å². The molecule has 0 spiro atoms. The fourth-order valence-electron chi connectivity index (χ4n) is 5.59. The largest absolute Gasteiger partial charge is 0.496 e. The van der Waals surface area contributed by atoms with Crippen molar-refractivity contribution in [3.63, 3.8) is 0 Å². The molecule has 0 heterocycles. The number of unbranched alkanes of at least 4 members (excludes halogenated alkanes) is 4. The predicted molar refractivity (Wildman–Crippen MR) is 213 cm³/mol. The molecule has 0 aromatic heterocycles. The standard InChI is InChI=1S/C44H60N2O2/c1-7-11-31-45(32-12-8-2)41-27-23-37(24-28-41)19-15-17-21-39-35-44(48-6)40(36-43(39)47-5)22-18-16-20-38-25-29-42(30-26-38)46(33-13-9-3)34-14-10-4/h15-30,35-36H,7-14,31-34H2,1-6H3/b19-15+,20-16+,21-17+,22-18+. The van der Waals surface area contributed by atoms with Gasteiger partial charge in [-0.3, -0.25) is 0 Å². The van der Waals surface area contributed by atoms with Crippen LogP contribution in [0.5, 0.6) is 11.5 Å². The number of benzene rings is 3. The number of anilines is 2. The molecule has 0 aliphatic rings. The van der Waals surface area contributed by atoms with E-state index in [0.717, 1.165) is 48.8 Å². The summed E-state index contributed by atoms with van der Waals surface area (Å²) in [5.41, 5.74) is 6.93. The van der Waals surface area contributed by atoms with Crippen LogP contribution in [0.4, 0.5) is 11.4 Å². The van der Waals surface area contributed by atoms with Gasteiger partial charge in [0.25, 0.3) is 0 Å². The maximum atomic E-state index is 5.76. The van der Waals surface area contributed by atoms with Crippen molar-refractivity contribution in [1.29, 1.82) is 0 Å². The average Bonchev–Trinajstić information content (AvgIpc) is 3.12. The highest BCUT2D eigenvalue weighted by Gasteiger charge is 2.09. The molecule has 0 fully saturated rings. The fourth-order valence-corrected chi connectivity index (χ4v) is 5.59. The molecular weight excluding hydrogens is 588 g/mol. The highest BCUT2D eigenvalue weighted by atomic mass is 16.5. The first-order chi connectivity index (χ1) is 23.6. The van der Waals surface area contributed by atoms with E-state index in [1.165, 1.54) is 73.9 Å². The minimum absolute atomic E-state index is 0.805. The number of rotatable bonds is 22. The lowest BCUT2D eigenvalue weighted by Crippen LogP contribution is -2.25. The van der Waals surface area contributed by atoms with Gasteiger partial charge in [0.2, 0.25) is 0 Å². The van der Waals surface area contributed by atoms with Gasteiger partial charge >= 0.3 is 0 Å². The zero-order chi connectivity index (χ0) is 34.4. The molecule has 3 aromatic carbocycles. The van der Waals surface area contributed by atoms with Crippen LogP contribution in [-0.4, -0.2) is 40.4 Å². The molecule has 0 saturated heterocycles. The van der Waals surface area contributed by atoms with Crippen molar-refractivity contribution in [3.8, 4) is 11.5 Å². The van der Waals surface area contributed by atoms with E-state index in [9.17, 15) is 0 Å². The van der Waals surface area contributed by atoms with Crippen molar-refractivity contribution in [2.45, 2.75) is 79.1 Å². The Balaban J connectivity index is 1.65. The molecule has 0 aliphatic carbocycles. The topological polar surface area (TPSA) is 24.9 Å². The molecule has 4 nitrogen and oxygen atoms in total. The maximum absolute atomic E-state index is 5.76. The molecule has 0 atom stereocenters. The van der Waals surface area contributed by atoms with Gasteiger partial charge in [-0.2, -0.15) is 0 Å². The Hall–Kier alpha value is -4.18. The van der Waals surface area contributed by atoms with E-state index in [2.05, 4.69) is 135 Å². The van der Waals surface area contributed by atoms with Gasteiger partial charge in [0.05, 0.1) is 14.2 Å². The van der Waals surface area contributed by atoms with Crippen LogP contribution in [0, 0.1) is 0 Å². The summed E-state index contributed by atoms with van der Waals surface area (Å²) < 4.78 is 11.5. The van der Waals surface area contributed by atoms with Gasteiger partial charge in [0.15, 0.2) is 0 Å². The zero-order valence-electron chi connectivity index (χ0n) is 30.6. The molecule has 0 unspecified atom stereocenters. The van der Waals surface area contributed by atoms with Crippen molar-refractivity contribution in [2.24, 2.45) is 0 Å². The van der Waals surface area contributed by atoms with Gasteiger partial charge in [0.1, 0.15) is 11.5 Å². The van der Waals surface area contributed by atoms with Gasteiger partial charge in [0, 0.05) is 48.7 Å². The summed E-state index contributed by atoms with van der Waals surface area (Å²) in [4.78, 5) is 5.04. The van der Waals surface area contributed by atoms with Crippen LogP contribution in [-0.2, 0) is 0 Å². The number of allylic oxidation sites excluding steroid dienone is 4. The van der Waals surface area contributed by atoms with E-state index in [1.807, 2.05) is 12.1 Å². The zero-order valence-corrected chi connectivity index (χ0v) is 30.6. The van der Waals surface area contributed by atoms with Gasteiger partial charge in [-0.1, -0.05) is 126 Å². The van der Waals surface area contributed by atoms with Crippen LogP contribution in [0.25, 0.3) is 24.3 Å². The fraction of sp³-hybridized carbons (Fsp3) is 0.409. The summed E-state index contributed by atoms with van der Waals surface area (Å²) in [6, 6.07) is 21.9. The van der Waals surface area contributed by atoms with E-state index < -0.39 is 0 Å². The lowest BCUT2D eigenvalue weighted by Gasteiger charge is -2.24. The number of hydrogen-bond donors (Lipinski definition) is 0. The van der Waals surface area contributed by atoms with E-state index in [-0.39, 0.29) is 0 Å². The van der Waals surface area contributed by atoms with Gasteiger partial charge in [-0.15, -0.1) is 0 Å². The Kier molecular flexibility index (Phi) is 17.9. The first kappa shape index (κ1) is 38.3. The normalized spacial score (nSPS) is 11.8. The molecule has 4 heteroatoms. The Bertz CT molecular complexity index is 1310. The summed E-state index contributed by atoms with van der Waals surface area (Å²) in [7, 11) is 3.42. The van der Waals surface area contributed by atoms with Crippen molar-refractivity contribution in [2.75, 3.05) is 50.2 Å². The molecule has 0 radical (unpaired) electrons. The van der Waals surface area contributed by atoms with Crippen LogP contribution >= 0.6 is 0 Å². The molecule has 258 valence electrons. The van der Waals surface area contributed by atoms with E-state index >= 15 is 0 Å². The number of nitrogens with zero attached hydrogens (tertiary/aromatic N) is 2. The molecule has 3 rings (SSSR count). The third kappa shape index (κ3) is 12.8. The van der Waals surface area contributed by atoms with Crippen molar-refractivity contribution >= 4 is 35.7 Å². The van der Waals surface area contributed by atoms with Crippen LogP contribution < -0.4 is 19.3 Å². The molecule has 0 amide bonds. The molecular formula is C44H60N2O2. The predicted octanol–water partition coefficient (Wildman–Crippen LogP) is 12.0. The Labute approximate surface area is 292 Å². The van der Waals surface area contributed by atoms with E-state index in [0.29, 0.717) is 0 Å². The Morgan fingerprint density at radius 1 is 0.458 bits per heavy atom. The van der Waals surface area contributed by atoms with Crippen LogP contribution in [0.15, 0.2) is 85.0 Å².